The van der Waals surface area contributed by atoms with E-state index >= 15 is 0 Å². The molecule has 1 atom stereocenters. The second-order valence-corrected chi connectivity index (χ2v) is 5.29. The van der Waals surface area contributed by atoms with Gasteiger partial charge in [-0.05, 0) is 54.5 Å². The molecule has 2 rings (SSSR count). The number of amides is 1. The lowest BCUT2D eigenvalue weighted by Crippen LogP contribution is -2.38. The van der Waals surface area contributed by atoms with E-state index in [0.29, 0.717) is 6.04 Å². The summed E-state index contributed by atoms with van der Waals surface area (Å²) in [5.74, 6) is 0.0853. The maximum absolute atomic E-state index is 11.7. The van der Waals surface area contributed by atoms with Gasteiger partial charge in [0, 0.05) is 15.3 Å². The quantitative estimate of drug-likeness (QED) is 0.833. The zero-order chi connectivity index (χ0) is 11.5. The molecular weight excluding hydrogens is 315 g/mol. The Morgan fingerprint density at radius 2 is 2.12 bits per heavy atom. The smallest absolute Gasteiger partial charge is 0.242 e. The minimum Gasteiger partial charge on any atom is -0.373 e. The lowest BCUT2D eigenvalue weighted by atomic mass is 10.2. The topological polar surface area (TPSA) is 41.1 Å². The van der Waals surface area contributed by atoms with E-state index < -0.39 is 0 Å². The van der Waals surface area contributed by atoms with E-state index in [0.717, 1.165) is 22.1 Å². The van der Waals surface area contributed by atoms with E-state index in [4.69, 9.17) is 0 Å². The van der Waals surface area contributed by atoms with Crippen molar-refractivity contribution < 1.29 is 4.79 Å². The van der Waals surface area contributed by atoms with Crippen LogP contribution in [0.2, 0.25) is 0 Å². The highest BCUT2D eigenvalue weighted by Gasteiger charge is 2.25. The summed E-state index contributed by atoms with van der Waals surface area (Å²) in [6.07, 6.45) is 2.25. The molecule has 0 bridgehead atoms. The van der Waals surface area contributed by atoms with Crippen LogP contribution in [0.15, 0.2) is 24.3 Å². The van der Waals surface area contributed by atoms with Crippen LogP contribution in [0.5, 0.6) is 0 Å². The Hall–Kier alpha value is -0.780. The van der Waals surface area contributed by atoms with E-state index in [1.807, 2.05) is 31.2 Å². The van der Waals surface area contributed by atoms with Gasteiger partial charge in [0.05, 0.1) is 0 Å². The fraction of sp³-hybridized carbons (Fsp3) is 0.417. The van der Waals surface area contributed by atoms with Crippen molar-refractivity contribution in [3.05, 3.63) is 27.8 Å². The second-order valence-electron chi connectivity index (χ2n) is 4.13. The van der Waals surface area contributed by atoms with Crippen LogP contribution >= 0.6 is 22.6 Å². The lowest BCUT2D eigenvalue weighted by molar-refractivity contribution is -0.121. The number of hydrogen-bond donors (Lipinski definition) is 2. The van der Waals surface area contributed by atoms with Crippen LogP contribution in [0.4, 0.5) is 5.69 Å². The number of benzene rings is 1. The van der Waals surface area contributed by atoms with Gasteiger partial charge in [-0.1, -0.05) is 12.1 Å². The van der Waals surface area contributed by atoms with Gasteiger partial charge in [-0.3, -0.25) is 4.79 Å². The maximum Gasteiger partial charge on any atom is 0.242 e. The molecule has 2 N–H and O–H groups in total. The molecule has 0 saturated heterocycles. The Balaban J connectivity index is 1.92. The first-order valence-electron chi connectivity index (χ1n) is 5.48. The van der Waals surface area contributed by atoms with Gasteiger partial charge in [0.1, 0.15) is 6.04 Å². The van der Waals surface area contributed by atoms with E-state index in [9.17, 15) is 4.79 Å². The van der Waals surface area contributed by atoms with Gasteiger partial charge in [-0.25, -0.2) is 0 Å². The largest absolute Gasteiger partial charge is 0.373 e. The maximum atomic E-state index is 11.7. The fourth-order valence-electron chi connectivity index (χ4n) is 1.43. The molecule has 16 heavy (non-hydrogen) atoms. The van der Waals surface area contributed by atoms with E-state index in [2.05, 4.69) is 33.2 Å². The molecule has 4 heteroatoms. The molecule has 0 aliphatic heterocycles. The molecule has 86 valence electrons. The zero-order valence-corrected chi connectivity index (χ0v) is 11.3. The van der Waals surface area contributed by atoms with E-state index in [1.165, 1.54) is 0 Å². The second kappa shape index (κ2) is 5.03. The Kier molecular flexibility index (Phi) is 3.68. The minimum atomic E-state index is -0.184. The first-order chi connectivity index (χ1) is 7.66. The van der Waals surface area contributed by atoms with Crippen molar-refractivity contribution in [2.24, 2.45) is 0 Å². The molecule has 1 fully saturated rings. The molecule has 1 aliphatic rings. The van der Waals surface area contributed by atoms with E-state index in [1.54, 1.807) is 0 Å². The van der Waals surface area contributed by atoms with Gasteiger partial charge < -0.3 is 10.6 Å². The van der Waals surface area contributed by atoms with Crippen LogP contribution in [0.25, 0.3) is 0 Å². The molecule has 1 unspecified atom stereocenters. The summed E-state index contributed by atoms with van der Waals surface area (Å²) in [5, 5.41) is 6.21. The Morgan fingerprint density at radius 1 is 1.44 bits per heavy atom. The average Bonchev–Trinajstić information content (AvgIpc) is 3.05. The molecule has 1 saturated carbocycles. The van der Waals surface area contributed by atoms with Crippen molar-refractivity contribution in [1.82, 2.24) is 5.32 Å². The molecule has 1 amide bonds. The number of nitrogens with one attached hydrogen (secondary N) is 2. The van der Waals surface area contributed by atoms with Crippen LogP contribution in [0.1, 0.15) is 19.8 Å². The normalized spacial score (nSPS) is 16.6. The standard InChI is InChI=1S/C12H15IN2O/c1-8(12(16)15-9-6-7-9)14-11-5-3-2-4-10(11)13/h2-5,8-9,14H,6-7H2,1H3,(H,15,16). The fourth-order valence-corrected chi connectivity index (χ4v) is 1.97. The Morgan fingerprint density at radius 3 is 2.75 bits per heavy atom. The molecule has 0 heterocycles. The first kappa shape index (κ1) is 11.7. The summed E-state index contributed by atoms with van der Waals surface area (Å²) in [6, 6.07) is 8.21. The minimum absolute atomic E-state index is 0.0853. The number of para-hydroxylation sites is 1. The van der Waals surface area contributed by atoms with Gasteiger partial charge in [-0.2, -0.15) is 0 Å². The summed E-state index contributed by atoms with van der Waals surface area (Å²) < 4.78 is 1.13. The number of carbonyl (C=O) groups excluding carboxylic acids is 1. The predicted octanol–water partition coefficient (Wildman–Crippen LogP) is 2.37. The molecule has 1 aliphatic carbocycles. The number of halogens is 1. The predicted molar refractivity (Wildman–Crippen MR) is 73.4 cm³/mol. The molecular formula is C12H15IN2O. The Bertz CT molecular complexity index is 390. The number of rotatable bonds is 4. The third-order valence-electron chi connectivity index (χ3n) is 2.56. The third kappa shape index (κ3) is 3.10. The van der Waals surface area contributed by atoms with Crippen LogP contribution in [0.3, 0.4) is 0 Å². The van der Waals surface area contributed by atoms with Crippen LogP contribution in [-0.2, 0) is 4.79 Å². The van der Waals surface area contributed by atoms with Crippen molar-refractivity contribution >= 4 is 34.2 Å². The van der Waals surface area contributed by atoms with Crippen molar-refractivity contribution in [1.29, 1.82) is 0 Å². The van der Waals surface area contributed by atoms with Crippen molar-refractivity contribution in [3.63, 3.8) is 0 Å². The summed E-state index contributed by atoms with van der Waals surface area (Å²) in [5.41, 5.74) is 1.02. The summed E-state index contributed by atoms with van der Waals surface area (Å²) in [7, 11) is 0. The monoisotopic (exact) mass is 330 g/mol. The molecule has 3 nitrogen and oxygen atoms in total. The SMILES string of the molecule is CC(Nc1ccccc1I)C(=O)NC1CC1. The van der Waals surface area contributed by atoms with Crippen molar-refractivity contribution in [3.8, 4) is 0 Å². The van der Waals surface area contributed by atoms with Crippen LogP contribution < -0.4 is 10.6 Å². The molecule has 1 aromatic carbocycles. The van der Waals surface area contributed by atoms with Gasteiger partial charge in [0.2, 0.25) is 5.91 Å². The van der Waals surface area contributed by atoms with Gasteiger partial charge in [-0.15, -0.1) is 0 Å². The zero-order valence-electron chi connectivity index (χ0n) is 9.16. The lowest BCUT2D eigenvalue weighted by Gasteiger charge is -2.16. The van der Waals surface area contributed by atoms with Gasteiger partial charge in [0.15, 0.2) is 0 Å². The molecule has 0 radical (unpaired) electrons. The highest BCUT2D eigenvalue weighted by atomic mass is 127. The van der Waals surface area contributed by atoms with Crippen molar-refractivity contribution in [2.45, 2.75) is 31.8 Å². The highest BCUT2D eigenvalue weighted by Crippen LogP contribution is 2.20. The number of anilines is 1. The summed E-state index contributed by atoms with van der Waals surface area (Å²) in [4.78, 5) is 11.7. The number of carbonyl (C=O) groups is 1. The molecule has 1 aromatic rings. The van der Waals surface area contributed by atoms with Gasteiger partial charge >= 0.3 is 0 Å². The summed E-state index contributed by atoms with van der Waals surface area (Å²) in [6.45, 7) is 1.89. The highest BCUT2D eigenvalue weighted by molar-refractivity contribution is 14.1. The van der Waals surface area contributed by atoms with Crippen molar-refractivity contribution in [2.75, 3.05) is 5.32 Å². The molecule has 0 spiro atoms. The summed E-state index contributed by atoms with van der Waals surface area (Å²) >= 11 is 2.26. The number of hydrogen-bond acceptors (Lipinski definition) is 2. The van der Waals surface area contributed by atoms with E-state index in [-0.39, 0.29) is 11.9 Å². The van der Waals surface area contributed by atoms with Crippen LogP contribution in [-0.4, -0.2) is 18.0 Å². The first-order valence-corrected chi connectivity index (χ1v) is 6.56. The molecule has 0 aromatic heterocycles. The average molecular weight is 330 g/mol. The van der Waals surface area contributed by atoms with Gasteiger partial charge in [0.25, 0.3) is 0 Å². The van der Waals surface area contributed by atoms with Crippen LogP contribution in [0, 0.1) is 3.57 Å². The third-order valence-corrected chi connectivity index (χ3v) is 3.50. The Labute approximate surface area is 109 Å².